The van der Waals surface area contributed by atoms with Gasteiger partial charge in [-0.3, -0.25) is 0 Å². The van der Waals surface area contributed by atoms with Crippen LogP contribution in [0.3, 0.4) is 0 Å². The molecule has 0 amide bonds. The molecule has 0 heterocycles. The lowest BCUT2D eigenvalue weighted by Crippen LogP contribution is -2.28. The van der Waals surface area contributed by atoms with Crippen molar-refractivity contribution in [2.24, 2.45) is 11.7 Å². The molecule has 1 aliphatic carbocycles. The molecule has 17 heavy (non-hydrogen) atoms. The van der Waals surface area contributed by atoms with E-state index >= 15 is 0 Å². The minimum absolute atomic E-state index is 0.184. The number of nitrogens with two attached hydrogens (primary N) is 1. The van der Waals surface area contributed by atoms with Gasteiger partial charge in [0, 0.05) is 12.1 Å². The molecule has 0 saturated heterocycles. The molecule has 1 aromatic rings. The van der Waals surface area contributed by atoms with E-state index in [2.05, 4.69) is 6.92 Å². The maximum atomic E-state index is 13.5. The van der Waals surface area contributed by atoms with Crippen LogP contribution >= 0.6 is 0 Å². The van der Waals surface area contributed by atoms with Gasteiger partial charge in [-0.1, -0.05) is 19.4 Å². The van der Waals surface area contributed by atoms with Crippen molar-refractivity contribution < 1.29 is 9.13 Å². The second-order valence-corrected chi connectivity index (χ2v) is 4.84. The predicted molar refractivity (Wildman–Crippen MR) is 66.3 cm³/mol. The zero-order valence-corrected chi connectivity index (χ0v) is 10.3. The molecular formula is C14H20FNO. The number of hydrogen-bond acceptors (Lipinski definition) is 2. The highest BCUT2D eigenvalue weighted by Crippen LogP contribution is 2.30. The van der Waals surface area contributed by atoms with E-state index in [1.165, 1.54) is 25.3 Å². The quantitative estimate of drug-likeness (QED) is 0.876. The molecule has 1 fully saturated rings. The summed E-state index contributed by atoms with van der Waals surface area (Å²) in [5.41, 5.74) is 6.06. The van der Waals surface area contributed by atoms with E-state index in [1.54, 1.807) is 6.07 Å². The molecule has 1 saturated carbocycles. The molecule has 94 valence electrons. The molecule has 1 aromatic carbocycles. The normalized spacial score (nSPS) is 24.6. The predicted octanol–water partition coefficient (Wildman–Crippen LogP) is 3.24. The zero-order valence-electron chi connectivity index (χ0n) is 10.3. The van der Waals surface area contributed by atoms with Crippen molar-refractivity contribution in [2.75, 3.05) is 0 Å². The molecule has 2 atom stereocenters. The lowest BCUT2D eigenvalue weighted by atomic mass is 9.88. The highest BCUT2D eigenvalue weighted by Gasteiger charge is 2.23. The fraction of sp³-hybridized carbons (Fsp3) is 0.571. The van der Waals surface area contributed by atoms with E-state index in [4.69, 9.17) is 10.5 Å². The lowest BCUT2D eigenvalue weighted by Gasteiger charge is -2.30. The Bertz CT molecular complexity index is 380. The molecule has 2 N–H and O–H groups in total. The van der Waals surface area contributed by atoms with E-state index in [0.717, 1.165) is 6.42 Å². The van der Waals surface area contributed by atoms with Gasteiger partial charge in [0.1, 0.15) is 17.7 Å². The van der Waals surface area contributed by atoms with Crippen molar-refractivity contribution in [1.29, 1.82) is 0 Å². The van der Waals surface area contributed by atoms with Crippen molar-refractivity contribution in [3.05, 3.63) is 29.6 Å². The van der Waals surface area contributed by atoms with Crippen LogP contribution in [-0.4, -0.2) is 6.10 Å². The van der Waals surface area contributed by atoms with Crippen LogP contribution in [0.5, 0.6) is 5.75 Å². The molecular weight excluding hydrogens is 217 g/mol. The summed E-state index contributed by atoms with van der Waals surface area (Å²) in [5, 5.41) is 0. The summed E-state index contributed by atoms with van der Waals surface area (Å²) < 4.78 is 19.5. The average Bonchev–Trinajstić information content (AvgIpc) is 2.32. The Labute approximate surface area is 102 Å². The molecule has 0 bridgehead atoms. The van der Waals surface area contributed by atoms with Crippen LogP contribution in [0, 0.1) is 11.7 Å². The molecule has 0 aliphatic heterocycles. The zero-order chi connectivity index (χ0) is 12.3. The van der Waals surface area contributed by atoms with Gasteiger partial charge < -0.3 is 10.5 Å². The van der Waals surface area contributed by atoms with E-state index < -0.39 is 0 Å². The average molecular weight is 237 g/mol. The summed E-state index contributed by atoms with van der Waals surface area (Å²) in [6.07, 6.45) is 4.92. The van der Waals surface area contributed by atoms with Crippen molar-refractivity contribution >= 4 is 0 Å². The summed E-state index contributed by atoms with van der Waals surface area (Å²) in [4.78, 5) is 0. The van der Waals surface area contributed by atoms with Gasteiger partial charge in [0.25, 0.3) is 0 Å². The first-order chi connectivity index (χ1) is 8.22. The number of benzene rings is 1. The SMILES string of the molecule is CC1CCCCC1Oc1cccc(F)c1CN. The molecule has 0 spiro atoms. The van der Waals surface area contributed by atoms with Gasteiger partial charge in [0.05, 0.1) is 0 Å². The maximum absolute atomic E-state index is 13.5. The van der Waals surface area contributed by atoms with Crippen molar-refractivity contribution in [1.82, 2.24) is 0 Å². The number of rotatable bonds is 3. The van der Waals surface area contributed by atoms with Gasteiger partial charge in [-0.15, -0.1) is 0 Å². The topological polar surface area (TPSA) is 35.2 Å². The Hall–Kier alpha value is -1.09. The van der Waals surface area contributed by atoms with Gasteiger partial charge in [-0.2, -0.15) is 0 Å². The van der Waals surface area contributed by atoms with Crippen molar-refractivity contribution in [3.8, 4) is 5.75 Å². The first-order valence-electron chi connectivity index (χ1n) is 6.36. The summed E-state index contributed by atoms with van der Waals surface area (Å²) in [5.74, 6) is 0.886. The highest BCUT2D eigenvalue weighted by molar-refractivity contribution is 5.34. The molecule has 2 rings (SSSR count). The third-order valence-electron chi connectivity index (χ3n) is 3.59. The van der Waals surface area contributed by atoms with Gasteiger partial charge >= 0.3 is 0 Å². The van der Waals surface area contributed by atoms with Crippen LogP contribution in [0.15, 0.2) is 18.2 Å². The van der Waals surface area contributed by atoms with E-state index in [1.807, 2.05) is 6.07 Å². The largest absolute Gasteiger partial charge is 0.490 e. The number of hydrogen-bond donors (Lipinski definition) is 1. The van der Waals surface area contributed by atoms with Crippen LogP contribution in [0.4, 0.5) is 4.39 Å². The van der Waals surface area contributed by atoms with Crippen LogP contribution < -0.4 is 10.5 Å². The lowest BCUT2D eigenvalue weighted by molar-refractivity contribution is 0.101. The van der Waals surface area contributed by atoms with Gasteiger partial charge in [-0.05, 0) is 37.3 Å². The van der Waals surface area contributed by atoms with Gasteiger partial charge in [0.2, 0.25) is 0 Å². The Morgan fingerprint density at radius 3 is 2.82 bits per heavy atom. The molecule has 2 nitrogen and oxygen atoms in total. The van der Waals surface area contributed by atoms with Gasteiger partial charge in [-0.25, -0.2) is 4.39 Å². The van der Waals surface area contributed by atoms with Crippen molar-refractivity contribution in [3.63, 3.8) is 0 Å². The summed E-state index contributed by atoms with van der Waals surface area (Å²) >= 11 is 0. The molecule has 0 aromatic heterocycles. The first kappa shape index (κ1) is 12.4. The Morgan fingerprint density at radius 1 is 1.35 bits per heavy atom. The van der Waals surface area contributed by atoms with Crippen LogP contribution in [0.2, 0.25) is 0 Å². The number of ether oxygens (including phenoxy) is 1. The fourth-order valence-electron chi connectivity index (χ4n) is 2.47. The Morgan fingerprint density at radius 2 is 2.12 bits per heavy atom. The van der Waals surface area contributed by atoms with Crippen LogP contribution in [-0.2, 0) is 6.54 Å². The Kier molecular flexibility index (Phi) is 4.00. The third kappa shape index (κ3) is 2.78. The second-order valence-electron chi connectivity index (χ2n) is 4.84. The van der Waals surface area contributed by atoms with Crippen molar-refractivity contribution in [2.45, 2.75) is 45.3 Å². The Balaban J connectivity index is 2.14. The van der Waals surface area contributed by atoms with Gasteiger partial charge in [0.15, 0.2) is 0 Å². The van der Waals surface area contributed by atoms with E-state index in [0.29, 0.717) is 17.2 Å². The molecule has 1 aliphatic rings. The summed E-state index contributed by atoms with van der Waals surface area (Å²) in [7, 11) is 0. The summed E-state index contributed by atoms with van der Waals surface area (Å²) in [6.45, 7) is 2.38. The minimum atomic E-state index is -0.270. The molecule has 3 heteroatoms. The molecule has 2 unspecified atom stereocenters. The fourth-order valence-corrected chi connectivity index (χ4v) is 2.47. The number of halogens is 1. The van der Waals surface area contributed by atoms with Crippen LogP contribution in [0.1, 0.15) is 38.2 Å². The smallest absolute Gasteiger partial charge is 0.131 e. The minimum Gasteiger partial charge on any atom is -0.490 e. The highest BCUT2D eigenvalue weighted by atomic mass is 19.1. The summed E-state index contributed by atoms with van der Waals surface area (Å²) in [6, 6.07) is 4.92. The van der Waals surface area contributed by atoms with E-state index in [9.17, 15) is 4.39 Å². The maximum Gasteiger partial charge on any atom is 0.131 e. The van der Waals surface area contributed by atoms with E-state index in [-0.39, 0.29) is 18.5 Å². The molecule has 0 radical (unpaired) electrons. The monoisotopic (exact) mass is 237 g/mol. The third-order valence-corrected chi connectivity index (χ3v) is 3.59. The second kappa shape index (κ2) is 5.50. The van der Waals surface area contributed by atoms with Crippen LogP contribution in [0.25, 0.3) is 0 Å². The first-order valence-corrected chi connectivity index (χ1v) is 6.36. The standard InChI is InChI=1S/C14H20FNO/c1-10-5-2-3-7-13(10)17-14-8-4-6-12(15)11(14)9-16/h4,6,8,10,13H,2-3,5,7,9,16H2,1H3.